The number of halogens is 4. The van der Waals surface area contributed by atoms with E-state index in [4.69, 9.17) is 16.1 Å². The number of hydrogen-bond donors (Lipinski definition) is 1. The molecular weight excluding hydrogens is 413 g/mol. The lowest BCUT2D eigenvalue weighted by molar-refractivity contribution is -0.137. The molecule has 0 spiro atoms. The molecule has 2 aromatic heterocycles. The second-order valence-corrected chi connectivity index (χ2v) is 8.65. The molecule has 0 atom stereocenters. The predicted octanol–water partition coefficient (Wildman–Crippen LogP) is 5.18. The Kier molecular flexibility index (Phi) is 4.76. The summed E-state index contributed by atoms with van der Waals surface area (Å²) in [6.07, 6.45) is -4.70. The number of nitrogens with one attached hydrogen (secondary N) is 1. The smallest absolute Gasteiger partial charge is 0.355 e. The highest BCUT2D eigenvalue weighted by Gasteiger charge is 2.33. The molecule has 0 fully saturated rings. The largest absolute Gasteiger partial charge is 0.417 e. The number of benzene rings is 1. The van der Waals surface area contributed by atoms with Gasteiger partial charge in [0.05, 0.1) is 21.2 Å². The van der Waals surface area contributed by atoms with E-state index in [-0.39, 0.29) is 9.90 Å². The van der Waals surface area contributed by atoms with Crippen molar-refractivity contribution in [1.82, 2.24) is 5.16 Å². The number of alkyl halides is 3. The fraction of sp³-hybridized carbons (Fsp3) is 0.133. The van der Waals surface area contributed by atoms with E-state index >= 15 is 0 Å². The molecule has 3 rings (SSSR count). The Morgan fingerprint density at radius 2 is 1.92 bits per heavy atom. The molecule has 0 saturated heterocycles. The van der Waals surface area contributed by atoms with Crippen molar-refractivity contribution in [2.45, 2.75) is 17.3 Å². The first kappa shape index (κ1) is 18.7. The first-order valence-electron chi connectivity index (χ1n) is 6.99. The molecule has 0 amide bonds. The SMILES string of the molecule is Cc1cc(-c2ccc(S(=O)(=O)Nc3ccc(Cl)c(C(F)(F)F)c3)s2)on1. The number of sulfonamides is 1. The van der Waals surface area contributed by atoms with Gasteiger partial charge in [0.25, 0.3) is 10.0 Å². The highest BCUT2D eigenvalue weighted by molar-refractivity contribution is 7.94. The summed E-state index contributed by atoms with van der Waals surface area (Å²) in [6.45, 7) is 1.72. The van der Waals surface area contributed by atoms with Crippen LogP contribution >= 0.6 is 22.9 Å². The number of aromatic nitrogens is 1. The summed E-state index contributed by atoms with van der Waals surface area (Å²) in [6, 6.07) is 7.30. The summed E-state index contributed by atoms with van der Waals surface area (Å²) in [5.74, 6) is 0.403. The van der Waals surface area contributed by atoms with E-state index in [9.17, 15) is 21.6 Å². The van der Waals surface area contributed by atoms with Gasteiger partial charge in [-0.2, -0.15) is 13.2 Å². The van der Waals surface area contributed by atoms with Gasteiger partial charge in [-0.05, 0) is 37.3 Å². The molecule has 0 unspecified atom stereocenters. The number of aryl methyl sites for hydroxylation is 1. The van der Waals surface area contributed by atoms with Crippen molar-refractivity contribution in [2.75, 3.05) is 4.72 Å². The van der Waals surface area contributed by atoms with Gasteiger partial charge in [0, 0.05) is 11.8 Å². The predicted molar refractivity (Wildman–Crippen MR) is 91.8 cm³/mol. The van der Waals surface area contributed by atoms with Gasteiger partial charge < -0.3 is 4.52 Å². The fourth-order valence-corrected chi connectivity index (χ4v) is 4.62. The van der Waals surface area contributed by atoms with Gasteiger partial charge in [0.15, 0.2) is 5.76 Å². The third kappa shape index (κ3) is 3.87. The Bertz CT molecular complexity index is 1060. The van der Waals surface area contributed by atoms with Gasteiger partial charge in [-0.1, -0.05) is 16.8 Å². The van der Waals surface area contributed by atoms with Crippen LogP contribution in [0, 0.1) is 6.92 Å². The van der Waals surface area contributed by atoms with Crippen molar-refractivity contribution < 1.29 is 26.1 Å². The molecular formula is C15H10ClF3N2O3S2. The number of rotatable bonds is 4. The summed E-state index contributed by atoms with van der Waals surface area (Å²) in [7, 11) is -4.07. The summed E-state index contributed by atoms with van der Waals surface area (Å²) >= 11 is 6.44. The van der Waals surface area contributed by atoms with Crippen molar-refractivity contribution in [3.63, 3.8) is 0 Å². The first-order chi connectivity index (χ1) is 12.1. The van der Waals surface area contributed by atoms with Crippen LogP contribution in [0.4, 0.5) is 18.9 Å². The van der Waals surface area contributed by atoms with Gasteiger partial charge >= 0.3 is 6.18 Å². The molecule has 0 saturated carbocycles. The molecule has 0 bridgehead atoms. The molecule has 1 aromatic carbocycles. The minimum atomic E-state index is -4.70. The van der Waals surface area contributed by atoms with Gasteiger partial charge in [-0.25, -0.2) is 8.42 Å². The Balaban J connectivity index is 1.89. The van der Waals surface area contributed by atoms with E-state index in [0.717, 1.165) is 23.5 Å². The lowest BCUT2D eigenvalue weighted by atomic mass is 10.2. The van der Waals surface area contributed by atoms with Crippen LogP contribution in [0.2, 0.25) is 5.02 Å². The third-order valence-corrected chi connectivity index (χ3v) is 6.54. The van der Waals surface area contributed by atoms with Gasteiger partial charge in [-0.3, -0.25) is 4.72 Å². The fourth-order valence-electron chi connectivity index (χ4n) is 2.09. The standard InChI is InChI=1S/C15H10ClF3N2O3S2/c1-8-6-12(24-20-8)13-4-5-14(25-13)26(22,23)21-9-2-3-11(16)10(7-9)15(17,18)19/h2-7,21H,1H3. The normalized spacial score (nSPS) is 12.3. The molecule has 3 aromatic rings. The van der Waals surface area contributed by atoms with E-state index in [1.165, 1.54) is 12.1 Å². The van der Waals surface area contributed by atoms with E-state index in [1.54, 1.807) is 13.0 Å². The zero-order valence-electron chi connectivity index (χ0n) is 13.0. The molecule has 1 N–H and O–H groups in total. The van der Waals surface area contributed by atoms with Gasteiger partial charge in [-0.15, -0.1) is 11.3 Å². The van der Waals surface area contributed by atoms with E-state index in [1.807, 2.05) is 0 Å². The molecule has 0 aliphatic rings. The summed E-state index contributed by atoms with van der Waals surface area (Å²) in [5.41, 5.74) is -0.729. The monoisotopic (exact) mass is 422 g/mol. The van der Waals surface area contributed by atoms with Crippen LogP contribution in [0.25, 0.3) is 10.6 Å². The zero-order chi connectivity index (χ0) is 19.1. The van der Waals surface area contributed by atoms with E-state index in [0.29, 0.717) is 22.4 Å². The van der Waals surface area contributed by atoms with Crippen LogP contribution in [0.5, 0.6) is 0 Å². The maximum atomic E-state index is 12.9. The van der Waals surface area contributed by atoms with Gasteiger partial charge in [0.1, 0.15) is 4.21 Å². The van der Waals surface area contributed by atoms with Crippen molar-refractivity contribution in [3.05, 3.63) is 52.7 Å². The molecule has 11 heteroatoms. The van der Waals surface area contributed by atoms with Crippen LogP contribution in [0.1, 0.15) is 11.3 Å². The second kappa shape index (κ2) is 6.60. The number of hydrogen-bond acceptors (Lipinski definition) is 5. The third-order valence-electron chi connectivity index (χ3n) is 3.24. The zero-order valence-corrected chi connectivity index (χ0v) is 15.4. The molecule has 5 nitrogen and oxygen atoms in total. The number of nitrogens with zero attached hydrogens (tertiary/aromatic N) is 1. The van der Waals surface area contributed by atoms with E-state index in [2.05, 4.69) is 9.88 Å². The molecule has 0 aliphatic carbocycles. The van der Waals surface area contributed by atoms with Crippen LogP contribution in [-0.2, 0) is 16.2 Å². The summed E-state index contributed by atoms with van der Waals surface area (Å²) < 4.78 is 70.7. The maximum Gasteiger partial charge on any atom is 0.417 e. The Labute approximate surface area is 155 Å². The highest BCUT2D eigenvalue weighted by Crippen LogP contribution is 2.37. The highest BCUT2D eigenvalue weighted by atomic mass is 35.5. The molecule has 138 valence electrons. The van der Waals surface area contributed by atoms with Crippen molar-refractivity contribution >= 4 is 38.6 Å². The Morgan fingerprint density at radius 1 is 1.19 bits per heavy atom. The minimum Gasteiger partial charge on any atom is -0.355 e. The number of anilines is 1. The average molecular weight is 423 g/mol. The van der Waals surface area contributed by atoms with Crippen LogP contribution in [0.3, 0.4) is 0 Å². The lowest BCUT2D eigenvalue weighted by Gasteiger charge is -2.12. The van der Waals surface area contributed by atoms with Crippen molar-refractivity contribution in [1.29, 1.82) is 0 Å². The quantitative estimate of drug-likeness (QED) is 0.628. The minimum absolute atomic E-state index is 0.0786. The first-order valence-corrected chi connectivity index (χ1v) is 9.67. The van der Waals surface area contributed by atoms with Crippen molar-refractivity contribution in [2.24, 2.45) is 0 Å². The van der Waals surface area contributed by atoms with E-state index < -0.39 is 26.8 Å². The molecule has 0 radical (unpaired) electrons. The average Bonchev–Trinajstić information content (AvgIpc) is 3.17. The van der Waals surface area contributed by atoms with Crippen LogP contribution < -0.4 is 4.72 Å². The summed E-state index contributed by atoms with van der Waals surface area (Å²) in [5, 5.41) is 3.21. The Hall–Kier alpha value is -2.04. The molecule has 26 heavy (non-hydrogen) atoms. The second-order valence-electron chi connectivity index (χ2n) is 5.25. The maximum absolute atomic E-state index is 12.9. The topological polar surface area (TPSA) is 72.2 Å². The van der Waals surface area contributed by atoms with Gasteiger partial charge in [0.2, 0.25) is 0 Å². The Morgan fingerprint density at radius 3 is 2.54 bits per heavy atom. The molecule has 0 aliphatic heterocycles. The lowest BCUT2D eigenvalue weighted by Crippen LogP contribution is -2.13. The van der Waals surface area contributed by atoms with Crippen molar-refractivity contribution in [3.8, 4) is 10.6 Å². The van der Waals surface area contributed by atoms with Crippen LogP contribution in [0.15, 0.2) is 45.1 Å². The summed E-state index contributed by atoms with van der Waals surface area (Å²) in [4.78, 5) is 0.526. The molecule has 2 heterocycles. The van der Waals surface area contributed by atoms with Crippen LogP contribution in [-0.4, -0.2) is 13.6 Å². The number of thiophene rings is 1.